The fourth-order valence-electron chi connectivity index (χ4n) is 2.27. The van der Waals surface area contributed by atoms with Crippen LogP contribution in [0.25, 0.3) is 5.69 Å². The molecular weight excluding hydrogens is 335 g/mol. The summed E-state index contributed by atoms with van der Waals surface area (Å²) >= 11 is 0. The van der Waals surface area contributed by atoms with Crippen LogP contribution >= 0.6 is 0 Å². The maximum atomic E-state index is 12.8. The van der Waals surface area contributed by atoms with Crippen LogP contribution in [0.15, 0.2) is 59.6 Å². The summed E-state index contributed by atoms with van der Waals surface area (Å²) in [6, 6.07) is 8.36. The van der Waals surface area contributed by atoms with Gasteiger partial charge in [0.1, 0.15) is 17.8 Å². The first-order valence-electron chi connectivity index (χ1n) is 7.46. The molecule has 8 heteroatoms. The summed E-state index contributed by atoms with van der Waals surface area (Å²) in [6.45, 7) is 0.364. The highest BCUT2D eigenvalue weighted by Gasteiger charge is 2.30. The Morgan fingerprint density at radius 2 is 2.08 bits per heavy atom. The van der Waals surface area contributed by atoms with Gasteiger partial charge in [0.2, 0.25) is 0 Å². The van der Waals surface area contributed by atoms with Crippen LogP contribution in [-0.4, -0.2) is 22.0 Å². The summed E-state index contributed by atoms with van der Waals surface area (Å²) in [5.74, 6) is 0.340. The van der Waals surface area contributed by atoms with Crippen LogP contribution in [0.4, 0.5) is 13.2 Å². The molecule has 0 atom stereocenters. The summed E-state index contributed by atoms with van der Waals surface area (Å²) in [6.07, 6.45) is 0.345. The molecule has 0 aliphatic heterocycles. The number of benzene rings is 1. The minimum absolute atomic E-state index is 0.122. The average molecular weight is 349 g/mol. The first-order valence-corrected chi connectivity index (χ1v) is 7.46. The number of rotatable bonds is 5. The number of nitrogens with zero attached hydrogens (tertiary/aromatic N) is 2. The van der Waals surface area contributed by atoms with Crippen molar-refractivity contribution in [2.24, 2.45) is 0 Å². The predicted octanol–water partition coefficient (Wildman–Crippen LogP) is 3.46. The van der Waals surface area contributed by atoms with E-state index >= 15 is 0 Å². The Morgan fingerprint density at radius 3 is 2.80 bits per heavy atom. The van der Waals surface area contributed by atoms with E-state index in [2.05, 4.69) is 10.3 Å². The Kier molecular flexibility index (Phi) is 4.60. The van der Waals surface area contributed by atoms with E-state index in [-0.39, 0.29) is 11.4 Å². The molecule has 25 heavy (non-hydrogen) atoms. The van der Waals surface area contributed by atoms with Crippen molar-refractivity contribution in [3.63, 3.8) is 0 Å². The number of nitrogens with one attached hydrogen (secondary N) is 1. The zero-order valence-electron chi connectivity index (χ0n) is 13.0. The van der Waals surface area contributed by atoms with Crippen molar-refractivity contribution >= 4 is 5.91 Å². The third kappa shape index (κ3) is 4.09. The van der Waals surface area contributed by atoms with Crippen LogP contribution < -0.4 is 5.32 Å². The van der Waals surface area contributed by atoms with Gasteiger partial charge in [0.05, 0.1) is 11.8 Å². The van der Waals surface area contributed by atoms with Gasteiger partial charge in [-0.25, -0.2) is 4.98 Å². The fourth-order valence-corrected chi connectivity index (χ4v) is 2.27. The summed E-state index contributed by atoms with van der Waals surface area (Å²) in [5, 5.41) is 2.68. The van der Waals surface area contributed by atoms with Crippen molar-refractivity contribution in [3.05, 3.63) is 72.2 Å². The Morgan fingerprint density at radius 1 is 1.24 bits per heavy atom. The molecule has 0 radical (unpaired) electrons. The number of carbonyl (C=O) groups is 1. The molecule has 5 nitrogen and oxygen atoms in total. The van der Waals surface area contributed by atoms with Gasteiger partial charge in [-0.15, -0.1) is 0 Å². The molecular formula is C17H14F3N3O2. The first kappa shape index (κ1) is 16.8. The minimum atomic E-state index is -4.43. The number of aromatic nitrogens is 2. The normalized spacial score (nSPS) is 11.5. The maximum Gasteiger partial charge on any atom is 0.416 e. The van der Waals surface area contributed by atoms with Crippen molar-refractivity contribution < 1.29 is 22.4 Å². The Labute approximate surface area is 141 Å². The van der Waals surface area contributed by atoms with E-state index in [1.807, 2.05) is 0 Å². The number of furan rings is 1. The quantitative estimate of drug-likeness (QED) is 0.767. The zero-order chi connectivity index (χ0) is 17.9. The van der Waals surface area contributed by atoms with Gasteiger partial charge >= 0.3 is 6.18 Å². The second-order valence-corrected chi connectivity index (χ2v) is 5.30. The van der Waals surface area contributed by atoms with Crippen molar-refractivity contribution in [2.45, 2.75) is 12.6 Å². The van der Waals surface area contributed by atoms with Crippen LogP contribution in [0, 0.1) is 0 Å². The third-order valence-corrected chi connectivity index (χ3v) is 3.52. The highest BCUT2D eigenvalue weighted by molar-refractivity contribution is 5.92. The topological polar surface area (TPSA) is 60.1 Å². The summed E-state index contributed by atoms with van der Waals surface area (Å²) in [5.41, 5.74) is -0.364. The molecule has 3 rings (SSSR count). The third-order valence-electron chi connectivity index (χ3n) is 3.52. The van der Waals surface area contributed by atoms with Crippen LogP contribution in [0.1, 0.15) is 21.8 Å². The highest BCUT2D eigenvalue weighted by Crippen LogP contribution is 2.30. The van der Waals surface area contributed by atoms with Crippen LogP contribution in [-0.2, 0) is 12.6 Å². The predicted molar refractivity (Wildman–Crippen MR) is 83.3 cm³/mol. The Balaban J connectivity index is 1.66. The van der Waals surface area contributed by atoms with Crippen molar-refractivity contribution in [1.29, 1.82) is 0 Å². The molecule has 2 heterocycles. The molecule has 130 valence electrons. The average Bonchev–Trinajstić information content (AvgIpc) is 3.26. The number of alkyl halides is 3. The lowest BCUT2D eigenvalue weighted by atomic mass is 10.2. The number of halogens is 3. The molecule has 2 aromatic heterocycles. The van der Waals surface area contributed by atoms with Gasteiger partial charge in [-0.1, -0.05) is 6.07 Å². The molecule has 0 fully saturated rings. The molecule has 0 bridgehead atoms. The van der Waals surface area contributed by atoms with Gasteiger partial charge in [-0.2, -0.15) is 13.2 Å². The second kappa shape index (κ2) is 6.84. The standard InChI is InChI=1S/C17H14F3N3O2/c18-17(19,20)12-3-1-4-13(9-12)23-10-15(22-11-23)16(24)21-7-6-14-5-2-8-25-14/h1-5,8-11H,6-7H2,(H,21,24). The first-order chi connectivity index (χ1) is 11.9. The van der Waals surface area contributed by atoms with Gasteiger partial charge < -0.3 is 14.3 Å². The number of hydrogen-bond acceptors (Lipinski definition) is 3. The second-order valence-electron chi connectivity index (χ2n) is 5.30. The molecule has 0 aliphatic carbocycles. The molecule has 1 aromatic carbocycles. The molecule has 0 unspecified atom stereocenters. The molecule has 0 saturated carbocycles. The molecule has 1 N–H and O–H groups in total. The van der Waals surface area contributed by atoms with Gasteiger partial charge in [-0.3, -0.25) is 4.79 Å². The minimum Gasteiger partial charge on any atom is -0.469 e. The summed E-state index contributed by atoms with van der Waals surface area (Å²) in [7, 11) is 0. The molecule has 3 aromatic rings. The molecule has 0 aliphatic rings. The van der Waals surface area contributed by atoms with E-state index in [0.29, 0.717) is 13.0 Å². The number of amides is 1. The lowest BCUT2D eigenvalue weighted by Crippen LogP contribution is -2.25. The van der Waals surface area contributed by atoms with Gasteiger partial charge in [0.25, 0.3) is 5.91 Å². The Bertz CT molecular complexity index is 854. The van der Waals surface area contributed by atoms with Crippen molar-refractivity contribution in [3.8, 4) is 5.69 Å². The summed E-state index contributed by atoms with van der Waals surface area (Å²) < 4.78 is 44.9. The van der Waals surface area contributed by atoms with Crippen molar-refractivity contribution in [1.82, 2.24) is 14.9 Å². The fraction of sp³-hybridized carbons (Fsp3) is 0.176. The molecule has 1 amide bonds. The van der Waals surface area contributed by atoms with Crippen LogP contribution in [0.2, 0.25) is 0 Å². The van der Waals surface area contributed by atoms with Crippen LogP contribution in [0.5, 0.6) is 0 Å². The van der Waals surface area contributed by atoms with Gasteiger partial charge in [0, 0.05) is 24.8 Å². The maximum absolute atomic E-state index is 12.8. The van der Waals surface area contributed by atoms with Gasteiger partial charge in [-0.05, 0) is 30.3 Å². The van der Waals surface area contributed by atoms with Gasteiger partial charge in [0.15, 0.2) is 0 Å². The number of imidazole rings is 1. The van der Waals surface area contributed by atoms with E-state index < -0.39 is 17.6 Å². The SMILES string of the molecule is O=C(NCCc1ccco1)c1cn(-c2cccc(C(F)(F)F)c2)cn1. The zero-order valence-corrected chi connectivity index (χ0v) is 13.0. The van der Waals surface area contributed by atoms with E-state index in [9.17, 15) is 18.0 Å². The number of hydrogen-bond donors (Lipinski definition) is 1. The monoisotopic (exact) mass is 349 g/mol. The Hall–Kier alpha value is -3.03. The smallest absolute Gasteiger partial charge is 0.416 e. The highest BCUT2D eigenvalue weighted by atomic mass is 19.4. The molecule has 0 saturated heterocycles. The van der Waals surface area contributed by atoms with E-state index in [0.717, 1.165) is 17.9 Å². The van der Waals surface area contributed by atoms with Crippen LogP contribution in [0.3, 0.4) is 0 Å². The molecule has 0 spiro atoms. The summed E-state index contributed by atoms with van der Waals surface area (Å²) in [4.78, 5) is 16.0. The largest absolute Gasteiger partial charge is 0.469 e. The van der Waals surface area contributed by atoms with E-state index in [4.69, 9.17) is 4.42 Å². The lowest BCUT2D eigenvalue weighted by Gasteiger charge is -2.08. The number of carbonyl (C=O) groups excluding carboxylic acids is 1. The van der Waals surface area contributed by atoms with Crippen molar-refractivity contribution in [2.75, 3.05) is 6.54 Å². The van der Waals surface area contributed by atoms with E-state index in [1.54, 1.807) is 18.4 Å². The lowest BCUT2D eigenvalue weighted by molar-refractivity contribution is -0.137. The van der Waals surface area contributed by atoms with E-state index in [1.165, 1.54) is 29.2 Å².